The summed E-state index contributed by atoms with van der Waals surface area (Å²) in [6.07, 6.45) is 2.05. The summed E-state index contributed by atoms with van der Waals surface area (Å²) in [4.78, 5) is 0. The molecule has 4 nitrogen and oxygen atoms in total. The predicted molar refractivity (Wildman–Crippen MR) is 98.3 cm³/mol. The van der Waals surface area contributed by atoms with Crippen LogP contribution < -0.4 is 5.73 Å². The fourth-order valence-corrected chi connectivity index (χ4v) is 2.70. The molecule has 0 aliphatic carbocycles. The smallest absolute Gasteiger partial charge is 0.109 e. The topological polar surface area (TPSA) is 55.7 Å². The van der Waals surface area contributed by atoms with Crippen molar-refractivity contribution in [3.63, 3.8) is 0 Å². The Kier molecular flexibility index (Phi) is 3.56. The summed E-state index contributed by atoms with van der Waals surface area (Å²) in [5.41, 5.74) is 10.4. The lowest BCUT2D eigenvalue weighted by molar-refractivity contribution is 1.12. The summed E-state index contributed by atoms with van der Waals surface area (Å²) in [5, 5.41) is 9.67. The molecule has 2 N–H and O–H groups in total. The minimum absolute atomic E-state index is 0.602. The Morgan fingerprint density at radius 1 is 0.750 bits per heavy atom. The molecule has 3 aromatic carbocycles. The molecule has 0 saturated carbocycles. The SMILES string of the molecule is Nc1cc(-n2ccc3ccccc32)ccc1N=Nc1ccccc1. The normalized spacial score (nSPS) is 11.3. The van der Waals surface area contributed by atoms with Gasteiger partial charge in [0.2, 0.25) is 0 Å². The van der Waals surface area contributed by atoms with E-state index in [2.05, 4.69) is 33.0 Å². The Labute approximate surface area is 139 Å². The predicted octanol–water partition coefficient (Wildman–Crippen LogP) is 5.63. The van der Waals surface area contributed by atoms with Crippen LogP contribution in [0.5, 0.6) is 0 Å². The van der Waals surface area contributed by atoms with E-state index < -0.39 is 0 Å². The quantitative estimate of drug-likeness (QED) is 0.387. The Morgan fingerprint density at radius 2 is 1.54 bits per heavy atom. The van der Waals surface area contributed by atoms with Crippen LogP contribution in [0.15, 0.2) is 95.3 Å². The molecule has 0 saturated heterocycles. The average Bonchev–Trinajstić information content (AvgIpc) is 3.06. The first-order chi connectivity index (χ1) is 11.8. The van der Waals surface area contributed by atoms with Crippen LogP contribution in [0.25, 0.3) is 16.6 Å². The minimum Gasteiger partial charge on any atom is -0.397 e. The molecule has 0 radical (unpaired) electrons. The van der Waals surface area contributed by atoms with Crippen molar-refractivity contribution >= 4 is 28.0 Å². The first-order valence-corrected chi connectivity index (χ1v) is 7.74. The van der Waals surface area contributed by atoms with E-state index in [1.54, 1.807) is 0 Å². The molecule has 0 spiro atoms. The van der Waals surface area contributed by atoms with E-state index in [0.29, 0.717) is 11.4 Å². The summed E-state index contributed by atoms with van der Waals surface area (Å²) in [6, 6.07) is 25.8. The molecule has 0 aliphatic rings. The van der Waals surface area contributed by atoms with Gasteiger partial charge in [-0.1, -0.05) is 36.4 Å². The van der Waals surface area contributed by atoms with Gasteiger partial charge in [0.25, 0.3) is 0 Å². The minimum atomic E-state index is 0.602. The number of nitrogen functional groups attached to an aromatic ring is 1. The van der Waals surface area contributed by atoms with Crippen LogP contribution in [0, 0.1) is 0 Å². The standard InChI is InChI=1S/C20H16N4/c21-18-14-17(24-13-12-15-6-4-5-9-20(15)24)10-11-19(18)23-22-16-7-2-1-3-8-16/h1-14H,21H2. The number of aromatic nitrogens is 1. The van der Waals surface area contributed by atoms with Crippen LogP contribution >= 0.6 is 0 Å². The van der Waals surface area contributed by atoms with Crippen molar-refractivity contribution in [2.24, 2.45) is 10.2 Å². The molecule has 0 fully saturated rings. The Morgan fingerprint density at radius 3 is 2.38 bits per heavy atom. The molecule has 116 valence electrons. The molecule has 4 aromatic rings. The monoisotopic (exact) mass is 312 g/mol. The highest BCUT2D eigenvalue weighted by atomic mass is 15.1. The highest BCUT2D eigenvalue weighted by Gasteiger charge is 2.05. The van der Waals surface area contributed by atoms with Crippen LogP contribution in [0.4, 0.5) is 17.1 Å². The number of hydrogen-bond acceptors (Lipinski definition) is 3. The molecular formula is C20H16N4. The number of nitrogens with zero attached hydrogens (tertiary/aromatic N) is 3. The fourth-order valence-electron chi connectivity index (χ4n) is 2.70. The van der Waals surface area contributed by atoms with Gasteiger partial charge in [-0.25, -0.2) is 0 Å². The maximum absolute atomic E-state index is 6.17. The van der Waals surface area contributed by atoms with Gasteiger partial charge in [-0.15, -0.1) is 5.11 Å². The number of para-hydroxylation sites is 1. The Balaban J connectivity index is 1.68. The van der Waals surface area contributed by atoms with Gasteiger partial charge >= 0.3 is 0 Å². The number of anilines is 1. The van der Waals surface area contributed by atoms with Crippen LogP contribution in [0.1, 0.15) is 0 Å². The molecule has 0 amide bonds. The molecule has 1 heterocycles. The highest BCUT2D eigenvalue weighted by Crippen LogP contribution is 2.28. The molecule has 1 aromatic heterocycles. The maximum Gasteiger partial charge on any atom is 0.109 e. The van der Waals surface area contributed by atoms with Gasteiger partial charge in [0, 0.05) is 11.9 Å². The van der Waals surface area contributed by atoms with E-state index in [0.717, 1.165) is 16.9 Å². The summed E-state index contributed by atoms with van der Waals surface area (Å²) < 4.78 is 2.11. The Hall–Kier alpha value is -3.40. The first kappa shape index (κ1) is 14.2. The number of benzene rings is 3. The van der Waals surface area contributed by atoms with Crippen molar-refractivity contribution in [2.75, 3.05) is 5.73 Å². The molecule has 4 heteroatoms. The zero-order valence-corrected chi connectivity index (χ0v) is 13.0. The van der Waals surface area contributed by atoms with Gasteiger partial charge in [-0.2, -0.15) is 5.11 Å². The molecular weight excluding hydrogens is 296 g/mol. The fraction of sp³-hybridized carbons (Fsp3) is 0. The molecule has 24 heavy (non-hydrogen) atoms. The van der Waals surface area contributed by atoms with Crippen molar-refractivity contribution < 1.29 is 0 Å². The van der Waals surface area contributed by atoms with E-state index >= 15 is 0 Å². The average molecular weight is 312 g/mol. The number of fused-ring (bicyclic) bond motifs is 1. The van der Waals surface area contributed by atoms with Gasteiger partial charge in [-0.3, -0.25) is 0 Å². The first-order valence-electron chi connectivity index (χ1n) is 7.74. The van der Waals surface area contributed by atoms with Crippen molar-refractivity contribution in [3.05, 3.63) is 85.1 Å². The Bertz CT molecular complexity index is 1020. The van der Waals surface area contributed by atoms with E-state index in [1.165, 1.54) is 5.39 Å². The van der Waals surface area contributed by atoms with Gasteiger partial charge in [-0.05, 0) is 47.9 Å². The van der Waals surface area contributed by atoms with Crippen LogP contribution in [0.2, 0.25) is 0 Å². The van der Waals surface area contributed by atoms with E-state index in [4.69, 9.17) is 5.73 Å². The van der Waals surface area contributed by atoms with Gasteiger partial charge in [0.1, 0.15) is 5.69 Å². The highest BCUT2D eigenvalue weighted by molar-refractivity contribution is 5.82. The van der Waals surface area contributed by atoms with Crippen LogP contribution in [-0.2, 0) is 0 Å². The van der Waals surface area contributed by atoms with Crippen molar-refractivity contribution in [1.29, 1.82) is 0 Å². The summed E-state index contributed by atoms with van der Waals surface area (Å²) in [7, 11) is 0. The van der Waals surface area contributed by atoms with E-state index in [1.807, 2.05) is 66.9 Å². The van der Waals surface area contributed by atoms with Crippen LogP contribution in [-0.4, -0.2) is 4.57 Å². The molecule has 0 unspecified atom stereocenters. The third-order valence-electron chi connectivity index (χ3n) is 3.92. The van der Waals surface area contributed by atoms with E-state index in [9.17, 15) is 0 Å². The van der Waals surface area contributed by atoms with E-state index in [-0.39, 0.29) is 0 Å². The third kappa shape index (κ3) is 2.65. The molecule has 0 aliphatic heterocycles. The summed E-state index contributed by atoms with van der Waals surface area (Å²) >= 11 is 0. The molecule has 4 rings (SSSR count). The van der Waals surface area contributed by atoms with Gasteiger partial charge < -0.3 is 10.3 Å². The van der Waals surface area contributed by atoms with Crippen LogP contribution in [0.3, 0.4) is 0 Å². The second-order valence-corrected chi connectivity index (χ2v) is 5.52. The lowest BCUT2D eigenvalue weighted by Gasteiger charge is -2.08. The van der Waals surface area contributed by atoms with Gasteiger partial charge in [0.15, 0.2) is 0 Å². The summed E-state index contributed by atoms with van der Waals surface area (Å²) in [6.45, 7) is 0. The maximum atomic E-state index is 6.17. The lowest BCUT2D eigenvalue weighted by Crippen LogP contribution is -1.94. The molecule has 0 bridgehead atoms. The molecule has 0 atom stereocenters. The third-order valence-corrected chi connectivity index (χ3v) is 3.92. The van der Waals surface area contributed by atoms with Gasteiger partial charge in [0.05, 0.1) is 16.9 Å². The largest absolute Gasteiger partial charge is 0.397 e. The number of azo groups is 1. The second-order valence-electron chi connectivity index (χ2n) is 5.52. The zero-order valence-electron chi connectivity index (χ0n) is 13.0. The summed E-state index contributed by atoms with van der Waals surface area (Å²) in [5.74, 6) is 0. The van der Waals surface area contributed by atoms with Crippen molar-refractivity contribution in [1.82, 2.24) is 4.57 Å². The number of hydrogen-bond donors (Lipinski definition) is 1. The van der Waals surface area contributed by atoms with Crippen molar-refractivity contribution in [2.45, 2.75) is 0 Å². The number of nitrogens with two attached hydrogens (primary N) is 1. The zero-order chi connectivity index (χ0) is 16.4. The lowest BCUT2D eigenvalue weighted by atomic mass is 10.2. The van der Waals surface area contributed by atoms with Crippen molar-refractivity contribution in [3.8, 4) is 5.69 Å². The number of rotatable bonds is 3. The second kappa shape index (κ2) is 6.01.